The van der Waals surface area contributed by atoms with Crippen LogP contribution in [-0.4, -0.2) is 29.2 Å². The summed E-state index contributed by atoms with van der Waals surface area (Å²) in [5.74, 6) is 0.828. The molecule has 0 aliphatic carbocycles. The van der Waals surface area contributed by atoms with Gasteiger partial charge in [-0.1, -0.05) is 20.8 Å². The summed E-state index contributed by atoms with van der Waals surface area (Å²) in [6.45, 7) is 11.7. The van der Waals surface area contributed by atoms with Crippen LogP contribution in [0.2, 0.25) is 0 Å². The fourth-order valence-corrected chi connectivity index (χ4v) is 2.52. The Morgan fingerprint density at radius 3 is 2.53 bits per heavy atom. The van der Waals surface area contributed by atoms with E-state index in [2.05, 4.69) is 31.6 Å². The largest absolute Gasteiger partial charge is 0.462 e. The molecule has 1 aromatic rings. The van der Waals surface area contributed by atoms with Crippen molar-refractivity contribution in [2.75, 3.05) is 18.6 Å². The van der Waals surface area contributed by atoms with Gasteiger partial charge in [0.05, 0.1) is 12.2 Å². The van der Waals surface area contributed by atoms with Crippen LogP contribution >= 0.6 is 11.8 Å². The predicted octanol–water partition coefficient (Wildman–Crippen LogP) is 3.63. The maximum Gasteiger partial charge on any atom is 0.339 e. The number of carbonyl (C=O) groups excluding carboxylic acids is 1. The summed E-state index contributed by atoms with van der Waals surface area (Å²) in [6, 6.07) is 1.99. The van der Waals surface area contributed by atoms with Crippen molar-refractivity contribution in [1.82, 2.24) is 4.57 Å². The van der Waals surface area contributed by atoms with Gasteiger partial charge < -0.3 is 9.30 Å². The van der Waals surface area contributed by atoms with Crippen LogP contribution in [0.25, 0.3) is 0 Å². The predicted molar refractivity (Wildman–Crippen MR) is 82.2 cm³/mol. The molecule has 1 aromatic heterocycles. The van der Waals surface area contributed by atoms with Crippen molar-refractivity contribution in [3.05, 3.63) is 23.0 Å². The molecule has 0 unspecified atom stereocenters. The van der Waals surface area contributed by atoms with Crippen LogP contribution in [-0.2, 0) is 16.7 Å². The molecular formula is C15H25NO2S. The number of esters is 1. The summed E-state index contributed by atoms with van der Waals surface area (Å²) in [4.78, 5) is 12.0. The fraction of sp³-hybridized carbons (Fsp3) is 0.667. The van der Waals surface area contributed by atoms with Crippen LogP contribution in [0.5, 0.6) is 0 Å². The van der Waals surface area contributed by atoms with Crippen molar-refractivity contribution in [2.24, 2.45) is 0 Å². The zero-order valence-electron chi connectivity index (χ0n) is 12.9. The van der Waals surface area contributed by atoms with Crippen LogP contribution < -0.4 is 0 Å². The van der Waals surface area contributed by atoms with Crippen molar-refractivity contribution in [3.8, 4) is 0 Å². The Morgan fingerprint density at radius 2 is 2.05 bits per heavy atom. The van der Waals surface area contributed by atoms with Crippen LogP contribution in [0.3, 0.4) is 0 Å². The van der Waals surface area contributed by atoms with Gasteiger partial charge in [-0.2, -0.15) is 11.8 Å². The Kier molecular flexibility index (Phi) is 5.53. The van der Waals surface area contributed by atoms with Crippen LogP contribution in [0, 0.1) is 6.92 Å². The average molecular weight is 283 g/mol. The number of thioether (sulfide) groups is 1. The third kappa shape index (κ3) is 3.78. The Labute approximate surface area is 120 Å². The highest BCUT2D eigenvalue weighted by Gasteiger charge is 2.25. The second kappa shape index (κ2) is 6.51. The quantitative estimate of drug-likeness (QED) is 0.773. The molecule has 0 aliphatic rings. The fourth-order valence-electron chi connectivity index (χ4n) is 2.15. The molecule has 0 spiro atoms. The first-order valence-corrected chi connectivity index (χ1v) is 8.09. The lowest BCUT2D eigenvalue weighted by Crippen LogP contribution is -2.19. The topological polar surface area (TPSA) is 31.2 Å². The highest BCUT2D eigenvalue weighted by molar-refractivity contribution is 7.98. The average Bonchev–Trinajstić information content (AvgIpc) is 2.64. The maximum absolute atomic E-state index is 12.0. The van der Waals surface area contributed by atoms with Crippen LogP contribution in [0.4, 0.5) is 0 Å². The number of hydrogen-bond donors (Lipinski definition) is 0. The zero-order valence-corrected chi connectivity index (χ0v) is 13.7. The van der Waals surface area contributed by atoms with E-state index in [1.54, 1.807) is 0 Å². The number of carbonyl (C=O) groups is 1. The number of hydrogen-bond acceptors (Lipinski definition) is 3. The molecule has 0 saturated carbocycles. The lowest BCUT2D eigenvalue weighted by molar-refractivity contribution is 0.0525. The molecule has 0 aliphatic heterocycles. The zero-order chi connectivity index (χ0) is 14.6. The van der Waals surface area contributed by atoms with E-state index in [0.717, 1.165) is 18.0 Å². The van der Waals surface area contributed by atoms with Gasteiger partial charge >= 0.3 is 5.97 Å². The maximum atomic E-state index is 12.0. The van der Waals surface area contributed by atoms with Gasteiger partial charge in [0.15, 0.2) is 0 Å². The van der Waals surface area contributed by atoms with Crippen molar-refractivity contribution < 1.29 is 9.53 Å². The Balaban J connectivity index is 3.22. The molecule has 108 valence electrons. The normalized spacial score (nSPS) is 11.7. The SMILES string of the molecule is CCOC(=O)c1cc(C(C)(C)C)n(CCSC)c1C. The molecule has 4 heteroatoms. The molecule has 1 rings (SSSR count). The minimum atomic E-state index is -0.214. The minimum absolute atomic E-state index is 0.0217. The Bertz CT molecular complexity index is 444. The van der Waals surface area contributed by atoms with Crippen LogP contribution in [0.1, 0.15) is 49.4 Å². The molecule has 0 atom stereocenters. The molecule has 3 nitrogen and oxygen atoms in total. The third-order valence-electron chi connectivity index (χ3n) is 3.15. The van der Waals surface area contributed by atoms with Gasteiger partial charge in [-0.15, -0.1) is 0 Å². The lowest BCUT2D eigenvalue weighted by Gasteiger charge is -2.22. The first-order chi connectivity index (χ1) is 8.82. The second-order valence-electron chi connectivity index (χ2n) is 5.64. The summed E-state index contributed by atoms with van der Waals surface area (Å²) < 4.78 is 7.39. The molecule has 0 saturated heterocycles. The molecule has 1 heterocycles. The molecule has 0 radical (unpaired) electrons. The highest BCUT2D eigenvalue weighted by atomic mass is 32.2. The van der Waals surface area contributed by atoms with E-state index in [1.165, 1.54) is 5.69 Å². The number of rotatable bonds is 5. The number of aromatic nitrogens is 1. The van der Waals surface area contributed by atoms with Gasteiger partial charge in [0.25, 0.3) is 0 Å². The van der Waals surface area contributed by atoms with Crippen molar-refractivity contribution >= 4 is 17.7 Å². The van der Waals surface area contributed by atoms with Gasteiger partial charge in [0, 0.05) is 29.1 Å². The molecule has 0 fully saturated rings. The molecular weight excluding hydrogens is 258 g/mol. The lowest BCUT2D eigenvalue weighted by atomic mass is 9.92. The van der Waals surface area contributed by atoms with E-state index in [-0.39, 0.29) is 11.4 Å². The van der Waals surface area contributed by atoms with E-state index in [1.807, 2.05) is 31.7 Å². The van der Waals surface area contributed by atoms with Gasteiger partial charge in [-0.05, 0) is 26.2 Å². The first kappa shape index (κ1) is 16.2. The van der Waals surface area contributed by atoms with Crippen LogP contribution in [0.15, 0.2) is 6.07 Å². The molecule has 19 heavy (non-hydrogen) atoms. The second-order valence-corrected chi connectivity index (χ2v) is 6.63. The molecule has 0 aromatic carbocycles. The van der Waals surface area contributed by atoms with E-state index >= 15 is 0 Å². The Hall–Kier alpha value is -0.900. The Morgan fingerprint density at radius 1 is 1.42 bits per heavy atom. The summed E-state index contributed by atoms with van der Waals surface area (Å²) in [6.07, 6.45) is 2.10. The van der Waals surface area contributed by atoms with Gasteiger partial charge in [-0.25, -0.2) is 4.79 Å². The smallest absolute Gasteiger partial charge is 0.339 e. The monoisotopic (exact) mass is 283 g/mol. The standard InChI is InChI=1S/C15H25NO2S/c1-7-18-14(17)12-10-13(15(3,4)5)16(11(12)2)8-9-19-6/h10H,7-9H2,1-6H3. The van der Waals surface area contributed by atoms with E-state index in [4.69, 9.17) is 4.74 Å². The third-order valence-corrected chi connectivity index (χ3v) is 3.74. The molecule has 0 bridgehead atoms. The number of nitrogens with zero attached hydrogens (tertiary/aromatic N) is 1. The summed E-state index contributed by atoms with van der Waals surface area (Å²) >= 11 is 1.82. The number of ether oxygens (including phenoxy) is 1. The van der Waals surface area contributed by atoms with Crippen molar-refractivity contribution in [3.63, 3.8) is 0 Å². The summed E-state index contributed by atoms with van der Waals surface area (Å²) in [5.41, 5.74) is 2.93. The van der Waals surface area contributed by atoms with Gasteiger partial charge in [-0.3, -0.25) is 0 Å². The molecule has 0 N–H and O–H groups in total. The summed E-state index contributed by atoms with van der Waals surface area (Å²) in [5, 5.41) is 0. The highest BCUT2D eigenvalue weighted by Crippen LogP contribution is 2.28. The van der Waals surface area contributed by atoms with Gasteiger partial charge in [0.1, 0.15) is 0 Å². The van der Waals surface area contributed by atoms with E-state index in [0.29, 0.717) is 12.2 Å². The van der Waals surface area contributed by atoms with E-state index in [9.17, 15) is 4.79 Å². The molecule has 0 amide bonds. The van der Waals surface area contributed by atoms with Crippen molar-refractivity contribution in [2.45, 2.75) is 46.6 Å². The van der Waals surface area contributed by atoms with Gasteiger partial charge in [0.2, 0.25) is 0 Å². The van der Waals surface area contributed by atoms with E-state index < -0.39 is 0 Å². The minimum Gasteiger partial charge on any atom is -0.462 e. The first-order valence-electron chi connectivity index (χ1n) is 6.69. The summed E-state index contributed by atoms with van der Waals surface area (Å²) in [7, 11) is 0. The van der Waals surface area contributed by atoms with Crippen molar-refractivity contribution in [1.29, 1.82) is 0 Å².